The van der Waals surface area contributed by atoms with Crippen molar-refractivity contribution < 1.29 is 0 Å². The van der Waals surface area contributed by atoms with Crippen LogP contribution in [0.2, 0.25) is 0 Å². The predicted octanol–water partition coefficient (Wildman–Crippen LogP) is 3.73. The second-order valence-electron chi connectivity index (χ2n) is 6.50. The fourth-order valence-electron chi connectivity index (χ4n) is 2.91. The number of hydrogen-bond acceptors (Lipinski definition) is 4. The average molecular weight is 276 g/mol. The minimum atomic E-state index is 0.298. The maximum atomic E-state index is 6.00. The number of nitrogen functional groups attached to an aromatic ring is 1. The van der Waals surface area contributed by atoms with E-state index in [-0.39, 0.29) is 0 Å². The van der Waals surface area contributed by atoms with Crippen LogP contribution in [0.4, 0.5) is 11.6 Å². The molecule has 0 spiro atoms. The molecule has 3 N–H and O–H groups in total. The standard InChI is InChI=1S/C16H28N4/c1-10(2)15-19-14(17)12(4)16(20-15)18-9-13-8-6-5-7-11(13)3/h10-11,13H,5-9H2,1-4H3,(H3,17,18,19,20). The third-order valence-electron chi connectivity index (χ3n) is 4.54. The lowest BCUT2D eigenvalue weighted by Crippen LogP contribution is -2.25. The molecule has 112 valence electrons. The van der Waals surface area contributed by atoms with Gasteiger partial charge in [0.05, 0.1) is 0 Å². The fraction of sp³-hybridized carbons (Fsp3) is 0.750. The molecule has 1 saturated carbocycles. The van der Waals surface area contributed by atoms with Gasteiger partial charge in [0.25, 0.3) is 0 Å². The largest absolute Gasteiger partial charge is 0.383 e. The van der Waals surface area contributed by atoms with Gasteiger partial charge in [-0.05, 0) is 25.2 Å². The van der Waals surface area contributed by atoms with Crippen LogP contribution in [0.25, 0.3) is 0 Å². The average Bonchev–Trinajstić information content (AvgIpc) is 2.41. The Bertz CT molecular complexity index is 456. The first kappa shape index (κ1) is 15.1. The third kappa shape index (κ3) is 3.41. The van der Waals surface area contributed by atoms with Gasteiger partial charge in [-0.15, -0.1) is 0 Å². The van der Waals surface area contributed by atoms with Gasteiger partial charge in [0.1, 0.15) is 17.5 Å². The highest BCUT2D eigenvalue weighted by Gasteiger charge is 2.21. The van der Waals surface area contributed by atoms with Crippen molar-refractivity contribution >= 4 is 11.6 Å². The molecular weight excluding hydrogens is 248 g/mol. The molecule has 0 amide bonds. The van der Waals surface area contributed by atoms with Gasteiger partial charge in [0.15, 0.2) is 0 Å². The minimum absolute atomic E-state index is 0.298. The van der Waals surface area contributed by atoms with Crippen molar-refractivity contribution in [1.82, 2.24) is 9.97 Å². The molecule has 4 heteroatoms. The van der Waals surface area contributed by atoms with E-state index in [1.807, 2.05) is 6.92 Å². The van der Waals surface area contributed by atoms with Crippen molar-refractivity contribution in [3.05, 3.63) is 11.4 Å². The topological polar surface area (TPSA) is 63.8 Å². The fourth-order valence-corrected chi connectivity index (χ4v) is 2.91. The number of aromatic nitrogens is 2. The second kappa shape index (κ2) is 6.42. The van der Waals surface area contributed by atoms with E-state index in [1.165, 1.54) is 25.7 Å². The molecule has 4 nitrogen and oxygen atoms in total. The monoisotopic (exact) mass is 276 g/mol. The Morgan fingerprint density at radius 1 is 1.25 bits per heavy atom. The quantitative estimate of drug-likeness (QED) is 0.879. The summed E-state index contributed by atoms with van der Waals surface area (Å²) in [4.78, 5) is 9.01. The zero-order valence-corrected chi connectivity index (χ0v) is 13.2. The highest BCUT2D eigenvalue weighted by atomic mass is 15.1. The Hall–Kier alpha value is -1.32. The van der Waals surface area contributed by atoms with Crippen molar-refractivity contribution in [2.24, 2.45) is 11.8 Å². The molecule has 2 atom stereocenters. The number of hydrogen-bond donors (Lipinski definition) is 2. The summed E-state index contributed by atoms with van der Waals surface area (Å²) in [6.07, 6.45) is 5.42. The molecule has 0 radical (unpaired) electrons. The first-order chi connectivity index (χ1) is 9.49. The molecule has 1 aliphatic carbocycles. The maximum absolute atomic E-state index is 6.00. The minimum Gasteiger partial charge on any atom is -0.383 e. The van der Waals surface area contributed by atoms with Crippen LogP contribution in [0.15, 0.2) is 0 Å². The Morgan fingerprint density at radius 3 is 2.60 bits per heavy atom. The zero-order chi connectivity index (χ0) is 14.7. The summed E-state index contributed by atoms with van der Waals surface area (Å²) in [5, 5.41) is 3.52. The van der Waals surface area contributed by atoms with Crippen molar-refractivity contribution in [1.29, 1.82) is 0 Å². The van der Waals surface area contributed by atoms with Crippen LogP contribution < -0.4 is 11.1 Å². The van der Waals surface area contributed by atoms with E-state index in [9.17, 15) is 0 Å². The van der Waals surface area contributed by atoms with Gasteiger partial charge >= 0.3 is 0 Å². The van der Waals surface area contributed by atoms with Crippen LogP contribution in [0.1, 0.15) is 63.8 Å². The molecule has 0 aliphatic heterocycles. The third-order valence-corrected chi connectivity index (χ3v) is 4.54. The summed E-state index contributed by atoms with van der Waals surface area (Å²) in [6.45, 7) is 9.54. The van der Waals surface area contributed by atoms with E-state index >= 15 is 0 Å². The predicted molar refractivity (Wildman–Crippen MR) is 84.9 cm³/mol. The van der Waals surface area contributed by atoms with E-state index in [2.05, 4.69) is 36.1 Å². The lowest BCUT2D eigenvalue weighted by Gasteiger charge is -2.29. The number of anilines is 2. The van der Waals surface area contributed by atoms with Gasteiger partial charge in [0.2, 0.25) is 0 Å². The van der Waals surface area contributed by atoms with Crippen molar-refractivity contribution in [3.63, 3.8) is 0 Å². The summed E-state index contributed by atoms with van der Waals surface area (Å²) in [6, 6.07) is 0. The molecule has 20 heavy (non-hydrogen) atoms. The Labute approximate surface area is 122 Å². The first-order valence-electron chi connectivity index (χ1n) is 7.87. The van der Waals surface area contributed by atoms with Crippen molar-refractivity contribution in [2.75, 3.05) is 17.6 Å². The molecule has 0 aromatic carbocycles. The molecule has 0 saturated heterocycles. The van der Waals surface area contributed by atoms with E-state index in [1.54, 1.807) is 0 Å². The van der Waals surface area contributed by atoms with E-state index in [0.717, 1.165) is 35.6 Å². The van der Waals surface area contributed by atoms with E-state index < -0.39 is 0 Å². The molecule has 1 aromatic heterocycles. The van der Waals surface area contributed by atoms with Crippen molar-refractivity contribution in [3.8, 4) is 0 Å². The lowest BCUT2D eigenvalue weighted by atomic mass is 9.80. The Morgan fingerprint density at radius 2 is 1.95 bits per heavy atom. The van der Waals surface area contributed by atoms with Gasteiger partial charge < -0.3 is 11.1 Å². The summed E-state index contributed by atoms with van der Waals surface area (Å²) in [5.74, 6) is 4.20. The maximum Gasteiger partial charge on any atom is 0.135 e. The first-order valence-corrected chi connectivity index (χ1v) is 7.87. The molecule has 1 heterocycles. The zero-order valence-electron chi connectivity index (χ0n) is 13.2. The number of nitrogens with two attached hydrogens (primary N) is 1. The van der Waals surface area contributed by atoms with Gasteiger partial charge in [0, 0.05) is 18.0 Å². The van der Waals surface area contributed by atoms with Gasteiger partial charge in [-0.3, -0.25) is 0 Å². The number of nitrogens with zero attached hydrogens (tertiary/aromatic N) is 2. The van der Waals surface area contributed by atoms with Crippen molar-refractivity contribution in [2.45, 2.75) is 59.3 Å². The summed E-state index contributed by atoms with van der Waals surface area (Å²) in [7, 11) is 0. The van der Waals surface area contributed by atoms with Crippen LogP contribution >= 0.6 is 0 Å². The number of nitrogens with one attached hydrogen (secondary N) is 1. The molecule has 1 fully saturated rings. The van der Waals surface area contributed by atoms with Gasteiger partial charge in [-0.25, -0.2) is 9.97 Å². The van der Waals surface area contributed by atoms with E-state index in [0.29, 0.717) is 11.7 Å². The SMILES string of the molecule is Cc1c(N)nc(C(C)C)nc1NCC1CCCCC1C. The molecule has 2 unspecified atom stereocenters. The number of rotatable bonds is 4. The van der Waals surface area contributed by atoms with Crippen LogP contribution in [-0.4, -0.2) is 16.5 Å². The van der Waals surface area contributed by atoms with Crippen LogP contribution in [0.3, 0.4) is 0 Å². The summed E-state index contributed by atoms with van der Waals surface area (Å²) in [5.41, 5.74) is 6.97. The van der Waals surface area contributed by atoms with Gasteiger partial charge in [-0.1, -0.05) is 40.0 Å². The van der Waals surface area contributed by atoms with Crippen LogP contribution in [0.5, 0.6) is 0 Å². The van der Waals surface area contributed by atoms with Crippen LogP contribution in [0, 0.1) is 18.8 Å². The van der Waals surface area contributed by atoms with Gasteiger partial charge in [-0.2, -0.15) is 0 Å². The summed E-state index contributed by atoms with van der Waals surface area (Å²) < 4.78 is 0. The molecule has 2 rings (SSSR count). The molecule has 1 aromatic rings. The molecule has 1 aliphatic rings. The van der Waals surface area contributed by atoms with Crippen LogP contribution in [-0.2, 0) is 0 Å². The Balaban J connectivity index is 2.08. The highest BCUT2D eigenvalue weighted by Crippen LogP contribution is 2.30. The van der Waals surface area contributed by atoms with E-state index in [4.69, 9.17) is 5.73 Å². The highest BCUT2D eigenvalue weighted by molar-refractivity contribution is 5.55. The smallest absolute Gasteiger partial charge is 0.135 e. The Kier molecular flexibility index (Phi) is 4.84. The summed E-state index contributed by atoms with van der Waals surface area (Å²) >= 11 is 0. The molecule has 0 bridgehead atoms. The normalized spacial score (nSPS) is 23.1. The molecular formula is C16H28N4. The lowest BCUT2D eigenvalue weighted by molar-refractivity contribution is 0.268. The second-order valence-corrected chi connectivity index (χ2v) is 6.50.